The largest absolute Gasteiger partial charge is 0.488 e. The van der Waals surface area contributed by atoms with E-state index >= 15 is 0 Å². The molecule has 0 fully saturated rings. The molecular weight excluding hydrogens is 373 g/mol. The fraction of sp³-hybridized carbons (Fsp3) is 0.0417. The topological polar surface area (TPSA) is 22.1 Å². The summed E-state index contributed by atoms with van der Waals surface area (Å²) in [5.41, 5.74) is 6.62. The van der Waals surface area contributed by atoms with Gasteiger partial charge in [0, 0.05) is 21.7 Å². The van der Waals surface area contributed by atoms with E-state index in [1.54, 1.807) is 12.1 Å². The maximum atomic E-state index is 13.4. The van der Waals surface area contributed by atoms with Gasteiger partial charge < -0.3 is 4.74 Å². The normalized spacial score (nSPS) is 12.1. The Morgan fingerprint density at radius 3 is 2.32 bits per heavy atom. The summed E-state index contributed by atoms with van der Waals surface area (Å²) >= 11 is 6.08. The van der Waals surface area contributed by atoms with E-state index in [9.17, 15) is 4.39 Å². The van der Waals surface area contributed by atoms with Gasteiger partial charge in [-0.3, -0.25) is 0 Å². The van der Waals surface area contributed by atoms with Crippen molar-refractivity contribution in [3.63, 3.8) is 0 Å². The average Bonchev–Trinajstić information content (AvgIpc) is 2.74. The van der Waals surface area contributed by atoms with Crippen molar-refractivity contribution in [2.45, 2.75) is 6.61 Å². The van der Waals surface area contributed by atoms with E-state index in [1.165, 1.54) is 12.1 Å². The SMILES string of the molecule is Fc1ccc(-c2cc(-c3ccc(Cl)cc3)c3c(n2)-c2ccccc2OC3)cc1. The molecule has 1 aliphatic rings. The first kappa shape index (κ1) is 17.0. The first-order valence-corrected chi connectivity index (χ1v) is 9.35. The molecule has 3 aromatic carbocycles. The Balaban J connectivity index is 1.78. The summed E-state index contributed by atoms with van der Waals surface area (Å²) in [5.74, 6) is 0.555. The number of benzene rings is 3. The summed E-state index contributed by atoms with van der Waals surface area (Å²) in [7, 11) is 0. The van der Waals surface area contributed by atoms with Gasteiger partial charge in [-0.2, -0.15) is 0 Å². The van der Waals surface area contributed by atoms with Crippen LogP contribution in [0, 0.1) is 5.82 Å². The number of halogens is 2. The number of rotatable bonds is 2. The average molecular weight is 388 g/mol. The Morgan fingerprint density at radius 1 is 0.821 bits per heavy atom. The highest BCUT2D eigenvalue weighted by Crippen LogP contribution is 2.42. The van der Waals surface area contributed by atoms with Crippen molar-refractivity contribution in [1.82, 2.24) is 4.98 Å². The van der Waals surface area contributed by atoms with Crippen molar-refractivity contribution in [1.29, 1.82) is 0 Å². The zero-order valence-corrected chi connectivity index (χ0v) is 15.6. The van der Waals surface area contributed by atoms with Gasteiger partial charge in [0.05, 0.1) is 11.4 Å². The number of para-hydroxylation sites is 1. The third-order valence-electron chi connectivity index (χ3n) is 4.93. The Hall–Kier alpha value is -3.17. The molecule has 0 spiro atoms. The molecule has 0 saturated carbocycles. The second-order valence-corrected chi connectivity index (χ2v) is 7.12. The standard InChI is InChI=1S/C24H15ClFNO/c25-17-9-5-15(6-10-17)20-13-22(16-7-11-18(26)12-8-16)27-24-19-3-1-2-4-23(19)28-14-21(20)24/h1-13H,14H2. The minimum Gasteiger partial charge on any atom is -0.488 e. The third-order valence-corrected chi connectivity index (χ3v) is 5.19. The van der Waals surface area contributed by atoms with E-state index in [4.69, 9.17) is 21.3 Å². The van der Waals surface area contributed by atoms with Gasteiger partial charge in [-0.15, -0.1) is 0 Å². The molecule has 0 bridgehead atoms. The number of pyridine rings is 1. The summed E-state index contributed by atoms with van der Waals surface area (Å²) in [6.07, 6.45) is 0. The second kappa shape index (κ2) is 6.77. The Bertz CT molecular complexity index is 1170. The molecule has 0 saturated heterocycles. The van der Waals surface area contributed by atoms with Crippen LogP contribution in [-0.4, -0.2) is 4.98 Å². The number of ether oxygens (including phenoxy) is 1. The molecule has 5 rings (SSSR count). The third kappa shape index (κ3) is 2.94. The van der Waals surface area contributed by atoms with Crippen molar-refractivity contribution in [2.24, 2.45) is 0 Å². The Kier molecular flexibility index (Phi) is 4.10. The van der Waals surface area contributed by atoms with Crippen molar-refractivity contribution >= 4 is 11.6 Å². The predicted molar refractivity (Wildman–Crippen MR) is 110 cm³/mol. The number of fused-ring (bicyclic) bond motifs is 3. The van der Waals surface area contributed by atoms with Crippen LogP contribution in [0.15, 0.2) is 78.9 Å². The second-order valence-electron chi connectivity index (χ2n) is 6.68. The lowest BCUT2D eigenvalue weighted by molar-refractivity contribution is 0.302. The molecule has 2 nitrogen and oxygen atoms in total. The van der Waals surface area contributed by atoms with Crippen molar-refractivity contribution in [2.75, 3.05) is 0 Å². The van der Waals surface area contributed by atoms with Gasteiger partial charge in [-0.25, -0.2) is 9.37 Å². The van der Waals surface area contributed by atoms with Crippen molar-refractivity contribution in [3.05, 3.63) is 95.3 Å². The number of nitrogens with zero attached hydrogens (tertiary/aromatic N) is 1. The van der Waals surface area contributed by atoms with E-state index in [1.807, 2.05) is 54.6 Å². The van der Waals surface area contributed by atoms with E-state index in [-0.39, 0.29) is 5.82 Å². The molecule has 1 aromatic heterocycles. The Morgan fingerprint density at radius 2 is 1.54 bits per heavy atom. The molecule has 0 radical (unpaired) electrons. The lowest BCUT2D eigenvalue weighted by Crippen LogP contribution is -2.09. The number of hydrogen-bond donors (Lipinski definition) is 0. The summed E-state index contributed by atoms with van der Waals surface area (Å²) in [4.78, 5) is 4.93. The van der Waals surface area contributed by atoms with Crippen LogP contribution < -0.4 is 4.74 Å². The van der Waals surface area contributed by atoms with Gasteiger partial charge in [0.25, 0.3) is 0 Å². The molecule has 0 unspecified atom stereocenters. The van der Waals surface area contributed by atoms with Crippen LogP contribution in [0.1, 0.15) is 5.56 Å². The summed E-state index contributed by atoms with van der Waals surface area (Å²) in [6, 6.07) is 24.1. The first-order chi connectivity index (χ1) is 13.7. The molecule has 4 heteroatoms. The van der Waals surface area contributed by atoms with Gasteiger partial charge in [0.2, 0.25) is 0 Å². The van der Waals surface area contributed by atoms with Gasteiger partial charge in [0.1, 0.15) is 18.2 Å². The molecule has 0 amide bonds. The fourth-order valence-corrected chi connectivity index (χ4v) is 3.66. The molecule has 0 aliphatic carbocycles. The van der Waals surface area contributed by atoms with Crippen LogP contribution in [0.25, 0.3) is 33.6 Å². The highest BCUT2D eigenvalue weighted by atomic mass is 35.5. The number of aromatic nitrogens is 1. The quantitative estimate of drug-likeness (QED) is 0.378. The van der Waals surface area contributed by atoms with E-state index < -0.39 is 0 Å². The van der Waals surface area contributed by atoms with Gasteiger partial charge in [0.15, 0.2) is 0 Å². The molecule has 0 atom stereocenters. The molecule has 136 valence electrons. The smallest absolute Gasteiger partial charge is 0.129 e. The molecule has 0 N–H and O–H groups in total. The van der Waals surface area contributed by atoms with Crippen molar-refractivity contribution < 1.29 is 9.13 Å². The zero-order chi connectivity index (χ0) is 19.1. The maximum Gasteiger partial charge on any atom is 0.129 e. The van der Waals surface area contributed by atoms with E-state index in [0.717, 1.165) is 45.0 Å². The molecule has 2 heterocycles. The van der Waals surface area contributed by atoms with Crippen molar-refractivity contribution in [3.8, 4) is 39.4 Å². The lowest BCUT2D eigenvalue weighted by atomic mass is 9.92. The highest BCUT2D eigenvalue weighted by Gasteiger charge is 2.23. The van der Waals surface area contributed by atoms with Crippen LogP contribution in [0.5, 0.6) is 5.75 Å². The van der Waals surface area contributed by atoms with E-state index in [2.05, 4.69) is 0 Å². The van der Waals surface area contributed by atoms with Gasteiger partial charge in [-0.1, -0.05) is 35.9 Å². The van der Waals surface area contributed by atoms with E-state index in [0.29, 0.717) is 11.6 Å². The lowest BCUT2D eigenvalue weighted by Gasteiger charge is -2.23. The fourth-order valence-electron chi connectivity index (χ4n) is 3.53. The Labute approximate surface area is 167 Å². The van der Waals surface area contributed by atoms with Crippen LogP contribution in [0.3, 0.4) is 0 Å². The molecular formula is C24H15ClFNO. The first-order valence-electron chi connectivity index (χ1n) is 8.97. The number of hydrogen-bond acceptors (Lipinski definition) is 2. The molecule has 4 aromatic rings. The summed E-state index contributed by atoms with van der Waals surface area (Å²) in [5, 5.41) is 0.687. The molecule has 28 heavy (non-hydrogen) atoms. The van der Waals surface area contributed by atoms with Gasteiger partial charge in [-0.05, 0) is 65.7 Å². The van der Waals surface area contributed by atoms with Crippen LogP contribution in [0.2, 0.25) is 5.02 Å². The predicted octanol–water partition coefficient (Wildman–Crippen LogP) is 6.77. The maximum absolute atomic E-state index is 13.4. The zero-order valence-electron chi connectivity index (χ0n) is 14.8. The monoisotopic (exact) mass is 387 g/mol. The van der Waals surface area contributed by atoms with Crippen LogP contribution in [0.4, 0.5) is 4.39 Å². The minimum atomic E-state index is -0.265. The summed E-state index contributed by atoms with van der Waals surface area (Å²) < 4.78 is 19.4. The summed E-state index contributed by atoms with van der Waals surface area (Å²) in [6.45, 7) is 0.445. The highest BCUT2D eigenvalue weighted by molar-refractivity contribution is 6.30. The van der Waals surface area contributed by atoms with Crippen LogP contribution in [-0.2, 0) is 6.61 Å². The van der Waals surface area contributed by atoms with Gasteiger partial charge >= 0.3 is 0 Å². The molecule has 1 aliphatic heterocycles. The minimum absolute atomic E-state index is 0.265. The van der Waals surface area contributed by atoms with Crippen LogP contribution >= 0.6 is 11.6 Å².